The molecule has 1 heterocycles. The van der Waals surface area contributed by atoms with Gasteiger partial charge >= 0.3 is 0 Å². The third-order valence-corrected chi connectivity index (χ3v) is 3.01. The van der Waals surface area contributed by atoms with Crippen LogP contribution in [0, 0.1) is 24.0 Å². The standard InChI is InChI=1S/C15H15F2N3/c1-4-8-20-14(18)13(19-15(20)9(2)3)10-6-5-7-11(16)12(10)17/h1,5-7,9H,8,18H2,2-3H3. The number of hydrogen-bond donors (Lipinski definition) is 1. The molecule has 0 unspecified atom stereocenters. The molecule has 0 atom stereocenters. The molecule has 2 N–H and O–H groups in total. The summed E-state index contributed by atoms with van der Waals surface area (Å²) in [6, 6.07) is 3.92. The lowest BCUT2D eigenvalue weighted by atomic mass is 10.1. The largest absolute Gasteiger partial charge is 0.383 e. The smallest absolute Gasteiger partial charge is 0.168 e. The fourth-order valence-corrected chi connectivity index (χ4v) is 2.07. The van der Waals surface area contributed by atoms with Crippen LogP contribution >= 0.6 is 0 Å². The van der Waals surface area contributed by atoms with E-state index in [0.717, 1.165) is 6.07 Å². The van der Waals surface area contributed by atoms with E-state index >= 15 is 0 Å². The van der Waals surface area contributed by atoms with Crippen LogP contribution in [-0.2, 0) is 6.54 Å². The van der Waals surface area contributed by atoms with Crippen LogP contribution in [0.2, 0.25) is 0 Å². The van der Waals surface area contributed by atoms with Crippen LogP contribution in [0.4, 0.5) is 14.6 Å². The van der Waals surface area contributed by atoms with Gasteiger partial charge in [-0.05, 0) is 12.1 Å². The van der Waals surface area contributed by atoms with Crippen molar-refractivity contribution in [3.05, 3.63) is 35.7 Å². The number of imidazole rings is 1. The van der Waals surface area contributed by atoms with Gasteiger partial charge in [-0.15, -0.1) is 6.42 Å². The predicted octanol–water partition coefficient (Wildman–Crippen LogP) is 3.17. The third-order valence-electron chi connectivity index (χ3n) is 3.01. The molecule has 0 fully saturated rings. The molecule has 0 amide bonds. The summed E-state index contributed by atoms with van der Waals surface area (Å²) in [6.45, 7) is 4.10. The highest BCUT2D eigenvalue weighted by molar-refractivity contribution is 5.71. The van der Waals surface area contributed by atoms with Gasteiger partial charge in [-0.1, -0.05) is 25.8 Å². The van der Waals surface area contributed by atoms with E-state index in [2.05, 4.69) is 10.9 Å². The molecular weight excluding hydrogens is 260 g/mol. The second kappa shape index (κ2) is 5.33. The lowest BCUT2D eigenvalue weighted by Crippen LogP contribution is -2.07. The number of terminal acetylenes is 1. The second-order valence-electron chi connectivity index (χ2n) is 4.75. The highest BCUT2D eigenvalue weighted by Gasteiger charge is 2.21. The number of nitrogens with two attached hydrogens (primary N) is 1. The first kappa shape index (κ1) is 14.1. The van der Waals surface area contributed by atoms with Crippen molar-refractivity contribution in [1.29, 1.82) is 0 Å². The van der Waals surface area contributed by atoms with Crippen molar-refractivity contribution in [1.82, 2.24) is 9.55 Å². The summed E-state index contributed by atoms with van der Waals surface area (Å²) in [5.74, 6) is 1.56. The molecule has 0 aliphatic heterocycles. The number of aromatic nitrogens is 2. The minimum Gasteiger partial charge on any atom is -0.383 e. The highest BCUT2D eigenvalue weighted by Crippen LogP contribution is 2.31. The van der Waals surface area contributed by atoms with Crippen LogP contribution in [0.25, 0.3) is 11.3 Å². The van der Waals surface area contributed by atoms with E-state index in [0.29, 0.717) is 5.82 Å². The van der Waals surface area contributed by atoms with Crippen LogP contribution in [0.3, 0.4) is 0 Å². The topological polar surface area (TPSA) is 43.8 Å². The van der Waals surface area contributed by atoms with Crippen LogP contribution in [-0.4, -0.2) is 9.55 Å². The van der Waals surface area contributed by atoms with Crippen molar-refractivity contribution >= 4 is 5.82 Å². The number of nitrogens with zero attached hydrogens (tertiary/aromatic N) is 2. The van der Waals surface area contributed by atoms with Gasteiger partial charge < -0.3 is 10.3 Å². The van der Waals surface area contributed by atoms with E-state index in [1.165, 1.54) is 12.1 Å². The summed E-state index contributed by atoms with van der Waals surface area (Å²) in [7, 11) is 0. The third kappa shape index (κ3) is 2.25. The van der Waals surface area contributed by atoms with Gasteiger partial charge in [0.15, 0.2) is 11.6 Å². The first-order chi connectivity index (χ1) is 9.47. The number of nitrogen functional groups attached to an aromatic ring is 1. The maximum atomic E-state index is 13.9. The van der Waals surface area contributed by atoms with E-state index in [1.54, 1.807) is 4.57 Å². The van der Waals surface area contributed by atoms with E-state index in [4.69, 9.17) is 12.2 Å². The zero-order chi connectivity index (χ0) is 14.9. The van der Waals surface area contributed by atoms with Gasteiger partial charge in [0.2, 0.25) is 0 Å². The molecule has 0 aliphatic carbocycles. The minimum absolute atomic E-state index is 0.0418. The molecular formula is C15H15F2N3. The van der Waals surface area contributed by atoms with Crippen molar-refractivity contribution in [3.8, 4) is 23.6 Å². The molecule has 2 aromatic rings. The molecule has 0 bridgehead atoms. The van der Waals surface area contributed by atoms with Gasteiger partial charge in [0.25, 0.3) is 0 Å². The van der Waals surface area contributed by atoms with Gasteiger partial charge in [0, 0.05) is 11.5 Å². The maximum Gasteiger partial charge on any atom is 0.168 e. The quantitative estimate of drug-likeness (QED) is 0.874. The lowest BCUT2D eigenvalue weighted by Gasteiger charge is -2.08. The normalized spacial score (nSPS) is 10.8. The summed E-state index contributed by atoms with van der Waals surface area (Å²) in [4.78, 5) is 4.34. The predicted molar refractivity (Wildman–Crippen MR) is 74.9 cm³/mol. The minimum atomic E-state index is -0.958. The molecule has 104 valence electrons. The molecule has 0 saturated heterocycles. The SMILES string of the molecule is C#CCn1c(C(C)C)nc(-c2cccc(F)c2F)c1N. The van der Waals surface area contributed by atoms with Gasteiger partial charge in [0.1, 0.15) is 17.3 Å². The van der Waals surface area contributed by atoms with Gasteiger partial charge in [0.05, 0.1) is 6.54 Å². The van der Waals surface area contributed by atoms with Crippen molar-refractivity contribution in [2.75, 3.05) is 5.73 Å². The fourth-order valence-electron chi connectivity index (χ4n) is 2.07. The molecule has 3 nitrogen and oxygen atoms in total. The molecule has 0 radical (unpaired) electrons. The van der Waals surface area contributed by atoms with Crippen molar-refractivity contribution in [2.45, 2.75) is 26.3 Å². The first-order valence-corrected chi connectivity index (χ1v) is 6.21. The van der Waals surface area contributed by atoms with Gasteiger partial charge in [-0.2, -0.15) is 0 Å². The van der Waals surface area contributed by atoms with Crippen molar-refractivity contribution < 1.29 is 8.78 Å². The first-order valence-electron chi connectivity index (χ1n) is 6.21. The zero-order valence-corrected chi connectivity index (χ0v) is 11.3. The van der Waals surface area contributed by atoms with E-state index < -0.39 is 11.6 Å². The summed E-state index contributed by atoms with van der Waals surface area (Å²) in [6.07, 6.45) is 5.31. The Morgan fingerprint density at radius 1 is 1.40 bits per heavy atom. The summed E-state index contributed by atoms with van der Waals surface area (Å²) in [5, 5.41) is 0. The molecule has 1 aromatic carbocycles. The second-order valence-corrected chi connectivity index (χ2v) is 4.75. The Hall–Kier alpha value is -2.35. The summed E-state index contributed by atoms with van der Waals surface area (Å²) < 4.78 is 28.8. The molecule has 2 rings (SSSR count). The number of halogens is 2. The van der Waals surface area contributed by atoms with Crippen molar-refractivity contribution in [3.63, 3.8) is 0 Å². The molecule has 20 heavy (non-hydrogen) atoms. The Morgan fingerprint density at radius 2 is 2.10 bits per heavy atom. The van der Waals surface area contributed by atoms with Gasteiger partial charge in [-0.3, -0.25) is 0 Å². The molecule has 1 aromatic heterocycles. The summed E-state index contributed by atoms with van der Waals surface area (Å²) >= 11 is 0. The maximum absolute atomic E-state index is 13.9. The molecule has 5 heteroatoms. The fraction of sp³-hybridized carbons (Fsp3) is 0.267. The van der Waals surface area contributed by atoms with E-state index in [9.17, 15) is 8.78 Å². The monoisotopic (exact) mass is 275 g/mol. The van der Waals surface area contributed by atoms with Crippen molar-refractivity contribution in [2.24, 2.45) is 0 Å². The van der Waals surface area contributed by atoms with Crippen LogP contribution in [0.1, 0.15) is 25.6 Å². The Bertz CT molecular complexity index is 681. The molecule has 0 aliphatic rings. The Morgan fingerprint density at radius 3 is 2.70 bits per heavy atom. The average Bonchev–Trinajstić information content (AvgIpc) is 2.72. The molecule has 0 spiro atoms. The van der Waals surface area contributed by atoms with Gasteiger partial charge in [-0.25, -0.2) is 13.8 Å². The highest BCUT2D eigenvalue weighted by atomic mass is 19.2. The van der Waals surface area contributed by atoms with E-state index in [-0.39, 0.29) is 29.5 Å². The van der Waals surface area contributed by atoms with E-state index in [1.807, 2.05) is 13.8 Å². The van der Waals surface area contributed by atoms with Crippen LogP contribution in [0.15, 0.2) is 18.2 Å². The number of benzene rings is 1. The Kier molecular flexibility index (Phi) is 3.75. The summed E-state index contributed by atoms with van der Waals surface area (Å²) in [5.41, 5.74) is 6.26. The Balaban J connectivity index is 2.67. The zero-order valence-electron chi connectivity index (χ0n) is 11.3. The molecule has 0 saturated carbocycles. The van der Waals surface area contributed by atoms with Crippen LogP contribution in [0.5, 0.6) is 0 Å². The van der Waals surface area contributed by atoms with Crippen LogP contribution < -0.4 is 5.73 Å². The number of hydrogen-bond acceptors (Lipinski definition) is 2. The average molecular weight is 275 g/mol. The number of rotatable bonds is 3. The lowest BCUT2D eigenvalue weighted by molar-refractivity contribution is 0.511. The number of anilines is 1. The Labute approximate surface area is 116 Å².